The fourth-order valence-corrected chi connectivity index (χ4v) is 17.2. The first-order valence-corrected chi connectivity index (χ1v) is 19.7. The van der Waals surface area contributed by atoms with Gasteiger partial charge in [0.1, 0.15) is 0 Å². The first kappa shape index (κ1) is 28.8. The van der Waals surface area contributed by atoms with Crippen molar-refractivity contribution < 1.29 is 50.8 Å². The van der Waals surface area contributed by atoms with E-state index in [1.165, 1.54) is 56.9 Å². The summed E-state index contributed by atoms with van der Waals surface area (Å²) in [5, 5.41) is 0. The quantitative estimate of drug-likeness (QED) is 0.276. The summed E-state index contributed by atoms with van der Waals surface area (Å²) in [5.74, 6) is -0.379. The number of hydrogen-bond acceptors (Lipinski definition) is 1. The van der Waals surface area contributed by atoms with Gasteiger partial charge in [0.2, 0.25) is 0 Å². The molecule has 0 aromatic rings. The Morgan fingerprint density at radius 1 is 1.04 bits per heavy atom. The summed E-state index contributed by atoms with van der Waals surface area (Å²) in [6.45, 7) is 9.28. The van der Waals surface area contributed by atoms with Crippen LogP contribution in [-0.2, 0) is 26.0 Å². The van der Waals surface area contributed by atoms with E-state index in [1.54, 1.807) is 3.28 Å². The Morgan fingerprint density at radius 3 is 2.04 bits per heavy atom. The van der Waals surface area contributed by atoms with Gasteiger partial charge in [0.15, 0.2) is 0 Å². The number of allylic oxidation sites excluding steroid dienone is 4. The van der Waals surface area contributed by atoms with E-state index in [1.807, 2.05) is 0 Å². The molecule has 0 aliphatic heterocycles. The van der Waals surface area contributed by atoms with Crippen LogP contribution in [-0.4, -0.2) is 11.8 Å². The van der Waals surface area contributed by atoms with E-state index in [-0.39, 0.29) is 24.8 Å². The summed E-state index contributed by atoms with van der Waals surface area (Å²) in [4.78, 5) is 12.3. The fourth-order valence-electron chi connectivity index (χ4n) is 3.26. The number of carbonyl (C=O) groups is 1. The van der Waals surface area contributed by atoms with Crippen molar-refractivity contribution >= 4 is 11.8 Å². The van der Waals surface area contributed by atoms with Crippen molar-refractivity contribution in [2.75, 3.05) is 0 Å². The number of halogens is 2. The number of nitrogens with one attached hydrogen (secondary N) is 1. The van der Waals surface area contributed by atoms with Crippen molar-refractivity contribution in [3.05, 3.63) is 21.0 Å². The molecule has 0 radical (unpaired) electrons. The molecule has 0 spiro atoms. The molecule has 1 aliphatic carbocycles. The van der Waals surface area contributed by atoms with Crippen LogP contribution in [0.1, 0.15) is 84.5 Å². The zero-order valence-electron chi connectivity index (χ0n) is 17.2. The molecule has 1 aliphatic rings. The summed E-state index contributed by atoms with van der Waals surface area (Å²) in [7, 11) is 0. The summed E-state index contributed by atoms with van der Waals surface area (Å²) in [6.07, 6.45) is 18.4. The molecule has 0 unspecified atom stereocenters. The third kappa shape index (κ3) is 12.9. The fraction of sp³-hybridized carbons (Fsp3) is 0.750. The normalized spacial score (nSPS) is 12.8. The maximum atomic E-state index is 12.3. The molecular formula is C20H38Cl2NOSiZr. The first-order chi connectivity index (χ1) is 11.5. The standard InChI is InChI=1S/C12H25NO.C6H7.C2H7Si.2ClH.Zr/c1-2-3-4-5-6-7-8-9-10-11-12(13)14;1-6-4-2-3-5-6;1-3-2;;;/h2-11H2,1H3,(H2,13,14);4-5H,2H2,1H3;3H,1-2H3;2*1H;/q;;;;;+3/p-3. The monoisotopic (exact) mass is 496 g/mol. The Bertz CT molecular complexity index is 442. The minimum Gasteiger partial charge on any atom is -1.00 e. The molecular weight excluding hydrogens is 460 g/mol. The Morgan fingerprint density at radius 2 is 1.58 bits per heavy atom. The van der Waals surface area contributed by atoms with Gasteiger partial charge in [-0.1, -0.05) is 6.92 Å². The maximum Gasteiger partial charge on any atom is -1.00 e. The van der Waals surface area contributed by atoms with Crippen LogP contribution in [0.4, 0.5) is 0 Å². The van der Waals surface area contributed by atoms with Crippen molar-refractivity contribution in [1.82, 2.24) is 3.26 Å². The average molecular weight is 499 g/mol. The number of carbonyl (C=O) groups excluding carboxylic acids is 1. The van der Waals surface area contributed by atoms with Gasteiger partial charge in [-0.15, -0.1) is 0 Å². The molecule has 26 heavy (non-hydrogen) atoms. The zero-order chi connectivity index (χ0) is 17.8. The van der Waals surface area contributed by atoms with Crippen LogP contribution in [0, 0.1) is 0 Å². The van der Waals surface area contributed by atoms with Crippen LogP contribution >= 0.6 is 0 Å². The molecule has 1 N–H and O–H groups in total. The molecule has 0 aromatic carbocycles. The Kier molecular flexibility index (Phi) is 19.6. The Labute approximate surface area is 183 Å². The summed E-state index contributed by atoms with van der Waals surface area (Å²) in [5.41, 5.74) is 1.39. The van der Waals surface area contributed by atoms with Gasteiger partial charge < -0.3 is 24.8 Å². The minimum atomic E-state index is -1.82. The van der Waals surface area contributed by atoms with E-state index in [9.17, 15) is 4.79 Å². The van der Waals surface area contributed by atoms with Crippen molar-refractivity contribution in [2.24, 2.45) is 0 Å². The molecule has 0 heterocycles. The molecule has 0 saturated heterocycles. The third-order valence-corrected chi connectivity index (χ3v) is 21.4. The Balaban J connectivity index is 0. The SMILES string of the molecule is CCCCCCCCCCCC(=O)[NH][Zr+2]([C]1=CC(C)=CC1)[SiH](C)C.[Cl-].[Cl-]. The van der Waals surface area contributed by atoms with Gasteiger partial charge in [-0.25, -0.2) is 0 Å². The van der Waals surface area contributed by atoms with E-state index in [2.05, 4.69) is 42.4 Å². The van der Waals surface area contributed by atoms with Crippen molar-refractivity contribution in [2.45, 2.75) is 97.6 Å². The number of hydrogen-bond donors (Lipinski definition) is 1. The van der Waals surface area contributed by atoms with Crippen molar-refractivity contribution in [3.63, 3.8) is 0 Å². The predicted octanol–water partition coefficient (Wildman–Crippen LogP) is -0.218. The number of rotatable bonds is 13. The van der Waals surface area contributed by atoms with Gasteiger partial charge in [-0.3, -0.25) is 0 Å². The molecule has 1 amide bonds. The van der Waals surface area contributed by atoms with E-state index >= 15 is 0 Å². The summed E-state index contributed by atoms with van der Waals surface area (Å²) >= 11 is -1.82. The summed E-state index contributed by atoms with van der Waals surface area (Å²) in [6, 6.07) is 0. The smallest absolute Gasteiger partial charge is 1.00 e. The van der Waals surface area contributed by atoms with Crippen LogP contribution in [0.5, 0.6) is 0 Å². The van der Waals surface area contributed by atoms with Gasteiger partial charge >= 0.3 is 153 Å². The second kappa shape index (κ2) is 17.7. The third-order valence-electron chi connectivity index (χ3n) is 4.75. The molecule has 1 rings (SSSR count). The molecule has 0 bridgehead atoms. The molecule has 6 heteroatoms. The first-order valence-electron chi connectivity index (χ1n) is 10.1. The van der Waals surface area contributed by atoms with Crippen molar-refractivity contribution in [3.8, 4) is 0 Å². The number of amides is 1. The topological polar surface area (TPSA) is 29.1 Å². The van der Waals surface area contributed by atoms with E-state index in [0.29, 0.717) is 5.91 Å². The van der Waals surface area contributed by atoms with Crippen LogP contribution in [0.15, 0.2) is 21.0 Å². The van der Waals surface area contributed by atoms with E-state index < -0.39 is 27.1 Å². The molecule has 151 valence electrons. The average Bonchev–Trinajstić information content (AvgIpc) is 2.97. The van der Waals surface area contributed by atoms with Crippen molar-refractivity contribution in [1.29, 1.82) is 0 Å². The molecule has 0 fully saturated rings. The van der Waals surface area contributed by atoms with Gasteiger partial charge in [0, 0.05) is 0 Å². The van der Waals surface area contributed by atoms with Gasteiger partial charge in [0.05, 0.1) is 0 Å². The minimum absolute atomic E-state index is 0. The van der Waals surface area contributed by atoms with Crippen LogP contribution in [0.2, 0.25) is 13.1 Å². The molecule has 2 nitrogen and oxygen atoms in total. The maximum absolute atomic E-state index is 12.3. The number of unbranched alkanes of at least 4 members (excludes halogenated alkanes) is 8. The van der Waals surface area contributed by atoms with Gasteiger partial charge in [-0.2, -0.15) is 0 Å². The van der Waals surface area contributed by atoms with Gasteiger partial charge in [0.25, 0.3) is 0 Å². The molecule has 0 saturated carbocycles. The molecule has 0 atom stereocenters. The second-order valence-corrected chi connectivity index (χ2v) is 26.0. The predicted molar refractivity (Wildman–Crippen MR) is 105 cm³/mol. The van der Waals surface area contributed by atoms with E-state index in [4.69, 9.17) is 0 Å². The summed E-state index contributed by atoms with van der Waals surface area (Å²) < 4.78 is 5.14. The molecule has 0 aromatic heterocycles. The van der Waals surface area contributed by atoms with E-state index in [0.717, 1.165) is 19.3 Å². The van der Waals surface area contributed by atoms with Crippen LogP contribution in [0.3, 0.4) is 0 Å². The van der Waals surface area contributed by atoms with Crippen LogP contribution < -0.4 is 28.1 Å². The van der Waals surface area contributed by atoms with Gasteiger partial charge in [-0.05, 0) is 0 Å². The van der Waals surface area contributed by atoms with Crippen LogP contribution in [0.25, 0.3) is 0 Å². The largest absolute Gasteiger partial charge is 1.00 e. The zero-order valence-corrected chi connectivity index (χ0v) is 22.3. The Hall–Kier alpha value is 0.630. The second-order valence-electron chi connectivity index (χ2n) is 7.52.